The Hall–Kier alpha value is -3.03. The summed E-state index contributed by atoms with van der Waals surface area (Å²) in [5, 5.41) is 13.8. The topological polar surface area (TPSA) is 73.7 Å². The summed E-state index contributed by atoms with van der Waals surface area (Å²) in [5.41, 5.74) is 1.62. The fourth-order valence-electron chi connectivity index (χ4n) is 4.80. The van der Waals surface area contributed by atoms with Crippen LogP contribution in [0.3, 0.4) is 0 Å². The molecule has 0 saturated heterocycles. The van der Waals surface area contributed by atoms with Crippen LogP contribution >= 0.6 is 11.3 Å². The van der Waals surface area contributed by atoms with Crippen LogP contribution in [0.5, 0.6) is 0 Å². The highest BCUT2D eigenvalue weighted by molar-refractivity contribution is 7.14. The predicted octanol–water partition coefficient (Wildman–Crippen LogP) is 5.22. The number of hydrogen-bond donors (Lipinski definition) is 1. The molecule has 178 valence electrons. The standard InChI is InChI=1S/C27H31N3O3S/c1-5-29(6-2)15-10-16-30-23(21-14-9-12-19-11-7-8-13-20(19)21)22(25(32)27(30)33)24(31)26-17(3)28-18(4)34-26/h7-9,11-14,23,32H,5-6,10,15-16H2,1-4H3. The second kappa shape index (κ2) is 10.1. The first kappa shape index (κ1) is 24.1. The Morgan fingerprint density at radius 3 is 2.50 bits per heavy atom. The molecule has 0 spiro atoms. The summed E-state index contributed by atoms with van der Waals surface area (Å²) in [7, 11) is 0. The molecule has 7 heteroatoms. The Labute approximate surface area is 204 Å². The van der Waals surface area contributed by atoms with Crippen molar-refractivity contribution in [2.24, 2.45) is 0 Å². The number of carbonyl (C=O) groups excluding carboxylic acids is 2. The molecule has 1 amide bonds. The molecule has 2 aromatic carbocycles. The molecule has 1 unspecified atom stereocenters. The maximum Gasteiger partial charge on any atom is 0.290 e. The van der Waals surface area contributed by atoms with E-state index in [-0.39, 0.29) is 11.4 Å². The van der Waals surface area contributed by atoms with Crippen LogP contribution < -0.4 is 0 Å². The molecule has 3 aromatic rings. The number of aliphatic hydroxyl groups excluding tert-OH is 1. The Bertz CT molecular complexity index is 1250. The van der Waals surface area contributed by atoms with Crippen molar-refractivity contribution in [2.75, 3.05) is 26.2 Å². The lowest BCUT2D eigenvalue weighted by Crippen LogP contribution is -2.34. The third-order valence-electron chi connectivity index (χ3n) is 6.54. The molecule has 0 fully saturated rings. The summed E-state index contributed by atoms with van der Waals surface area (Å²) in [6, 6.07) is 13.2. The zero-order valence-electron chi connectivity index (χ0n) is 20.2. The van der Waals surface area contributed by atoms with Gasteiger partial charge >= 0.3 is 0 Å². The van der Waals surface area contributed by atoms with E-state index in [4.69, 9.17) is 0 Å². The Morgan fingerprint density at radius 1 is 1.12 bits per heavy atom. The maximum absolute atomic E-state index is 13.7. The van der Waals surface area contributed by atoms with Crippen LogP contribution in [-0.4, -0.2) is 57.8 Å². The van der Waals surface area contributed by atoms with E-state index < -0.39 is 17.7 Å². The molecule has 1 aliphatic heterocycles. The number of fused-ring (bicyclic) bond motifs is 1. The molecule has 0 radical (unpaired) electrons. The Kier molecular flexibility index (Phi) is 7.14. The Balaban J connectivity index is 1.79. The van der Waals surface area contributed by atoms with Crippen molar-refractivity contribution in [1.82, 2.24) is 14.8 Å². The maximum atomic E-state index is 13.7. The zero-order chi connectivity index (χ0) is 24.4. The third kappa shape index (κ3) is 4.38. The number of Topliss-reactive ketones (excluding diaryl/α,β-unsaturated/α-hetero) is 1. The van der Waals surface area contributed by atoms with Gasteiger partial charge in [-0.05, 0) is 56.2 Å². The second-order valence-electron chi connectivity index (χ2n) is 8.59. The van der Waals surface area contributed by atoms with Crippen LogP contribution in [0, 0.1) is 13.8 Å². The van der Waals surface area contributed by atoms with Gasteiger partial charge in [0.15, 0.2) is 5.76 Å². The van der Waals surface area contributed by atoms with Gasteiger partial charge in [-0.2, -0.15) is 0 Å². The van der Waals surface area contributed by atoms with Crippen molar-refractivity contribution < 1.29 is 14.7 Å². The van der Waals surface area contributed by atoms with Crippen LogP contribution in [-0.2, 0) is 4.79 Å². The van der Waals surface area contributed by atoms with E-state index in [0.717, 1.165) is 47.4 Å². The summed E-state index contributed by atoms with van der Waals surface area (Å²) in [5.74, 6) is -1.26. The molecular weight excluding hydrogens is 446 g/mol. The van der Waals surface area contributed by atoms with Gasteiger partial charge in [0.2, 0.25) is 5.78 Å². The smallest absolute Gasteiger partial charge is 0.290 e. The third-order valence-corrected chi connectivity index (χ3v) is 7.62. The normalized spacial score (nSPS) is 16.3. The molecule has 1 atom stereocenters. The molecule has 1 aliphatic rings. The van der Waals surface area contributed by atoms with E-state index in [1.165, 1.54) is 11.3 Å². The highest BCUT2D eigenvalue weighted by atomic mass is 32.1. The average molecular weight is 478 g/mol. The molecule has 0 saturated carbocycles. The van der Waals surface area contributed by atoms with Crippen LogP contribution in [0.25, 0.3) is 10.8 Å². The molecule has 1 aromatic heterocycles. The lowest BCUT2D eigenvalue weighted by molar-refractivity contribution is -0.129. The number of aliphatic hydroxyl groups is 1. The highest BCUT2D eigenvalue weighted by Gasteiger charge is 2.44. The van der Waals surface area contributed by atoms with Crippen molar-refractivity contribution in [1.29, 1.82) is 0 Å². The summed E-state index contributed by atoms with van der Waals surface area (Å²) >= 11 is 1.30. The fraction of sp³-hybridized carbons (Fsp3) is 0.370. The molecule has 6 nitrogen and oxygen atoms in total. The van der Waals surface area contributed by atoms with Crippen LogP contribution in [0.1, 0.15) is 52.2 Å². The van der Waals surface area contributed by atoms with Crippen molar-refractivity contribution in [3.63, 3.8) is 0 Å². The minimum absolute atomic E-state index is 0.149. The number of rotatable bonds is 9. The molecular formula is C27H31N3O3S. The molecule has 34 heavy (non-hydrogen) atoms. The number of benzene rings is 2. The molecule has 0 aliphatic carbocycles. The number of aromatic nitrogens is 1. The van der Waals surface area contributed by atoms with Gasteiger partial charge in [-0.3, -0.25) is 9.59 Å². The number of aryl methyl sites for hydroxylation is 2. The SMILES string of the molecule is CCN(CC)CCCN1C(=O)C(O)=C(C(=O)c2sc(C)nc2C)C1c1cccc2ccccc12. The zero-order valence-corrected chi connectivity index (χ0v) is 21.0. The van der Waals surface area contributed by atoms with Gasteiger partial charge < -0.3 is 14.9 Å². The largest absolute Gasteiger partial charge is 0.503 e. The minimum atomic E-state index is -0.649. The van der Waals surface area contributed by atoms with Crippen molar-refractivity contribution >= 4 is 33.8 Å². The van der Waals surface area contributed by atoms with Crippen LogP contribution in [0.15, 0.2) is 53.8 Å². The van der Waals surface area contributed by atoms with Crippen molar-refractivity contribution in [3.8, 4) is 0 Å². The molecule has 4 rings (SSSR count). The van der Waals surface area contributed by atoms with Crippen LogP contribution in [0.4, 0.5) is 0 Å². The summed E-state index contributed by atoms with van der Waals surface area (Å²) < 4.78 is 0. The van der Waals surface area contributed by atoms with E-state index in [2.05, 4.69) is 23.7 Å². The van der Waals surface area contributed by atoms with Gasteiger partial charge in [0.1, 0.15) is 0 Å². The molecule has 0 bridgehead atoms. The highest BCUT2D eigenvalue weighted by Crippen LogP contribution is 2.42. The monoisotopic (exact) mass is 477 g/mol. The quantitative estimate of drug-likeness (QED) is 0.428. The fourth-order valence-corrected chi connectivity index (χ4v) is 5.67. The van der Waals surface area contributed by atoms with Gasteiger partial charge in [0.05, 0.1) is 27.2 Å². The lowest BCUT2D eigenvalue weighted by atomic mass is 9.91. The predicted molar refractivity (Wildman–Crippen MR) is 136 cm³/mol. The lowest BCUT2D eigenvalue weighted by Gasteiger charge is -2.29. The summed E-state index contributed by atoms with van der Waals surface area (Å²) in [6.07, 6.45) is 0.752. The van der Waals surface area contributed by atoms with E-state index in [1.807, 2.05) is 49.4 Å². The van der Waals surface area contributed by atoms with E-state index in [0.29, 0.717) is 17.1 Å². The average Bonchev–Trinajstić information content (AvgIpc) is 3.31. The summed E-state index contributed by atoms with van der Waals surface area (Å²) in [4.78, 5) is 35.9. The number of ketones is 1. The van der Waals surface area contributed by atoms with Crippen molar-refractivity contribution in [3.05, 3.63) is 74.9 Å². The first-order valence-corrected chi connectivity index (χ1v) is 12.6. The first-order valence-electron chi connectivity index (χ1n) is 11.8. The number of hydrogen-bond acceptors (Lipinski definition) is 6. The summed E-state index contributed by atoms with van der Waals surface area (Å²) in [6.45, 7) is 11.0. The van der Waals surface area contributed by atoms with Gasteiger partial charge in [0, 0.05) is 6.54 Å². The van der Waals surface area contributed by atoms with Gasteiger partial charge in [0.25, 0.3) is 5.91 Å². The van der Waals surface area contributed by atoms with Gasteiger partial charge in [-0.25, -0.2) is 4.98 Å². The van der Waals surface area contributed by atoms with Crippen molar-refractivity contribution in [2.45, 2.75) is 40.2 Å². The minimum Gasteiger partial charge on any atom is -0.503 e. The van der Waals surface area contributed by atoms with Gasteiger partial charge in [-0.1, -0.05) is 56.3 Å². The van der Waals surface area contributed by atoms with E-state index in [1.54, 1.807) is 11.8 Å². The number of thiazole rings is 1. The first-order chi connectivity index (χ1) is 16.4. The molecule has 2 heterocycles. The number of amides is 1. The molecule has 1 N–H and O–H groups in total. The Morgan fingerprint density at radius 2 is 1.82 bits per heavy atom. The second-order valence-corrected chi connectivity index (χ2v) is 9.79. The van der Waals surface area contributed by atoms with Gasteiger partial charge in [-0.15, -0.1) is 11.3 Å². The van der Waals surface area contributed by atoms with E-state index in [9.17, 15) is 14.7 Å². The van der Waals surface area contributed by atoms with Crippen LogP contribution in [0.2, 0.25) is 0 Å². The number of nitrogens with zero attached hydrogens (tertiary/aromatic N) is 3. The van der Waals surface area contributed by atoms with E-state index >= 15 is 0 Å². The number of carbonyl (C=O) groups is 2.